The molecule has 11 nitrogen and oxygen atoms in total. The molecule has 2 aromatic carbocycles. The molecular formula is C36H38F2N4O7. The fourth-order valence-electron chi connectivity index (χ4n) is 5.53. The molecule has 0 unspecified atom stereocenters. The van der Waals surface area contributed by atoms with Crippen LogP contribution in [0.2, 0.25) is 0 Å². The molecule has 0 radical (unpaired) electrons. The molecule has 0 fully saturated rings. The van der Waals surface area contributed by atoms with Crippen LogP contribution in [-0.2, 0) is 15.0 Å². The second-order valence-corrected chi connectivity index (χ2v) is 13.3. The van der Waals surface area contributed by atoms with E-state index in [0.29, 0.717) is 21.5 Å². The maximum atomic E-state index is 15.6. The summed E-state index contributed by atoms with van der Waals surface area (Å²) in [6.07, 6.45) is 0.683. The summed E-state index contributed by atoms with van der Waals surface area (Å²) in [5.74, 6) is -5.72. The maximum Gasteiger partial charge on any atom is 0.416 e. The first-order valence-electron chi connectivity index (χ1n) is 15.1. The number of fused-ring (bicyclic) bond motifs is 1. The Morgan fingerprint density at radius 3 is 2.08 bits per heavy atom. The highest BCUT2D eigenvalue weighted by molar-refractivity contribution is 6.16. The monoisotopic (exact) mass is 676 g/mol. The van der Waals surface area contributed by atoms with E-state index >= 15 is 8.78 Å². The quantitative estimate of drug-likeness (QED) is 0.144. The lowest BCUT2D eigenvalue weighted by Crippen LogP contribution is -2.37. The second kappa shape index (κ2) is 13.1. The highest BCUT2D eigenvalue weighted by Crippen LogP contribution is 2.42. The van der Waals surface area contributed by atoms with E-state index in [1.165, 1.54) is 17.2 Å². The van der Waals surface area contributed by atoms with E-state index in [4.69, 9.17) is 9.47 Å². The van der Waals surface area contributed by atoms with Crippen molar-refractivity contribution in [3.05, 3.63) is 83.2 Å². The Morgan fingerprint density at radius 2 is 1.59 bits per heavy atom. The molecule has 0 spiro atoms. The first kappa shape index (κ1) is 36.2. The number of ether oxygens (including phenoxy) is 2. The van der Waals surface area contributed by atoms with Crippen LogP contribution in [-0.4, -0.2) is 52.6 Å². The first-order valence-corrected chi connectivity index (χ1v) is 15.1. The molecule has 0 bridgehead atoms. The summed E-state index contributed by atoms with van der Waals surface area (Å²) in [5, 5.41) is 13.3. The lowest BCUT2D eigenvalue weighted by Gasteiger charge is -2.30. The Labute approximate surface area is 282 Å². The number of halogens is 2. The van der Waals surface area contributed by atoms with Crippen molar-refractivity contribution < 1.29 is 42.5 Å². The minimum atomic E-state index is -1.61. The summed E-state index contributed by atoms with van der Waals surface area (Å²) < 4.78 is 41.9. The zero-order valence-corrected chi connectivity index (χ0v) is 28.7. The van der Waals surface area contributed by atoms with Gasteiger partial charge in [-0.25, -0.2) is 23.1 Å². The largest absolute Gasteiger partial charge is 0.494 e. The normalized spacial score (nSPS) is 11.7. The topological polar surface area (TPSA) is 140 Å². The van der Waals surface area contributed by atoms with E-state index in [-0.39, 0.29) is 22.3 Å². The van der Waals surface area contributed by atoms with Crippen LogP contribution in [0.3, 0.4) is 0 Å². The Hall–Kier alpha value is -5.59. The smallest absolute Gasteiger partial charge is 0.416 e. The number of hydrogen-bond donors (Lipinski definition) is 2. The number of aromatic nitrogens is 2. The standard InChI is InChI=1S/C36H38F2N4O7/c1-11-26(43)40-20-13-12-14-21(18(20)2)41(33(45)36(6,7)8)25-15-19-22(17-39-25)42(34(46)47)31(28(19)35(3,4)5)32(44)27-29(37)23(48-9)16-24(49-10)30(27)38/h11-17H,1H2,2-10H3,(H,40,43)(H,46,47). The Kier molecular flexibility index (Phi) is 9.72. The summed E-state index contributed by atoms with van der Waals surface area (Å²) in [6, 6.07) is 7.37. The van der Waals surface area contributed by atoms with Gasteiger partial charge in [0.25, 0.3) is 0 Å². The molecule has 258 valence electrons. The summed E-state index contributed by atoms with van der Waals surface area (Å²) in [7, 11) is 2.25. The zero-order chi connectivity index (χ0) is 36.7. The van der Waals surface area contributed by atoms with Gasteiger partial charge in [-0.1, -0.05) is 54.2 Å². The van der Waals surface area contributed by atoms with Crippen molar-refractivity contribution in [1.29, 1.82) is 0 Å². The fourth-order valence-corrected chi connectivity index (χ4v) is 5.53. The van der Waals surface area contributed by atoms with Gasteiger partial charge in [-0.15, -0.1) is 0 Å². The number of benzene rings is 2. The summed E-state index contributed by atoms with van der Waals surface area (Å²) >= 11 is 0. The van der Waals surface area contributed by atoms with Gasteiger partial charge in [-0.2, -0.15) is 0 Å². The number of carbonyl (C=O) groups is 4. The number of hydrogen-bond acceptors (Lipinski definition) is 7. The van der Waals surface area contributed by atoms with Crippen molar-refractivity contribution >= 4 is 51.8 Å². The van der Waals surface area contributed by atoms with E-state index < -0.39 is 68.9 Å². The molecule has 2 heterocycles. The van der Waals surface area contributed by atoms with E-state index in [9.17, 15) is 24.3 Å². The maximum absolute atomic E-state index is 15.6. The van der Waals surface area contributed by atoms with Gasteiger partial charge in [-0.05, 0) is 47.7 Å². The summed E-state index contributed by atoms with van der Waals surface area (Å²) in [6.45, 7) is 15.4. The van der Waals surface area contributed by atoms with Crippen LogP contribution in [0.25, 0.3) is 10.9 Å². The van der Waals surface area contributed by atoms with Crippen molar-refractivity contribution in [2.45, 2.75) is 53.9 Å². The van der Waals surface area contributed by atoms with Crippen molar-refractivity contribution in [2.24, 2.45) is 5.41 Å². The van der Waals surface area contributed by atoms with Crippen LogP contribution in [0.15, 0.2) is 49.2 Å². The van der Waals surface area contributed by atoms with E-state index in [1.54, 1.807) is 66.7 Å². The van der Waals surface area contributed by atoms with Crippen LogP contribution in [0.1, 0.15) is 68.7 Å². The second-order valence-electron chi connectivity index (χ2n) is 13.3. The van der Waals surface area contributed by atoms with Crippen molar-refractivity contribution in [3.8, 4) is 11.5 Å². The molecular weight excluding hydrogens is 638 g/mol. The first-order chi connectivity index (χ1) is 22.8. The number of methoxy groups -OCH3 is 2. The number of carbonyl (C=O) groups excluding carboxylic acids is 3. The highest BCUT2D eigenvalue weighted by atomic mass is 19.1. The van der Waals surface area contributed by atoms with Crippen LogP contribution < -0.4 is 19.7 Å². The number of nitrogens with zero attached hydrogens (tertiary/aromatic N) is 3. The molecule has 4 aromatic rings. The van der Waals surface area contributed by atoms with Gasteiger partial charge in [0.2, 0.25) is 17.6 Å². The molecule has 49 heavy (non-hydrogen) atoms. The van der Waals surface area contributed by atoms with Gasteiger partial charge < -0.3 is 19.9 Å². The molecule has 13 heteroatoms. The number of nitrogens with one attached hydrogen (secondary N) is 1. The van der Waals surface area contributed by atoms with Gasteiger partial charge >= 0.3 is 6.09 Å². The summed E-state index contributed by atoms with van der Waals surface area (Å²) in [4.78, 5) is 59.2. The van der Waals surface area contributed by atoms with Gasteiger partial charge in [0.15, 0.2) is 23.1 Å². The van der Waals surface area contributed by atoms with Crippen LogP contribution >= 0.6 is 0 Å². The van der Waals surface area contributed by atoms with E-state index in [0.717, 1.165) is 26.4 Å². The molecule has 2 N–H and O–H groups in total. The molecule has 2 aromatic heterocycles. The minimum Gasteiger partial charge on any atom is -0.494 e. The lowest BCUT2D eigenvalue weighted by atomic mass is 9.83. The predicted molar refractivity (Wildman–Crippen MR) is 181 cm³/mol. The summed E-state index contributed by atoms with van der Waals surface area (Å²) in [5.41, 5.74) is -2.18. The van der Waals surface area contributed by atoms with Gasteiger partial charge in [0, 0.05) is 22.6 Å². The number of rotatable bonds is 8. The van der Waals surface area contributed by atoms with Crippen LogP contribution in [0.5, 0.6) is 11.5 Å². The molecule has 0 aliphatic rings. The Bertz CT molecular complexity index is 2010. The third kappa shape index (κ3) is 6.48. The van der Waals surface area contributed by atoms with Crippen molar-refractivity contribution in [1.82, 2.24) is 9.55 Å². The SMILES string of the molecule is C=CC(=O)Nc1cccc(N(C(=O)C(C)(C)C)c2cc3c(C(C)(C)C)c(C(=O)c4c(F)c(OC)cc(OC)c4F)n(C(=O)O)c3cn2)c1C. The highest BCUT2D eigenvalue weighted by Gasteiger charge is 2.38. The fraction of sp³-hybridized carbons (Fsp3) is 0.306. The number of carboxylic acid groups (broad SMARTS) is 1. The molecule has 0 aliphatic heterocycles. The van der Waals surface area contributed by atoms with E-state index in [1.807, 2.05) is 0 Å². The van der Waals surface area contributed by atoms with Gasteiger partial charge in [0.05, 0.1) is 31.6 Å². The zero-order valence-electron chi connectivity index (χ0n) is 28.7. The molecule has 0 atom stereocenters. The molecule has 2 amide bonds. The number of pyridine rings is 1. The average Bonchev–Trinajstić information content (AvgIpc) is 3.38. The molecule has 0 saturated heterocycles. The van der Waals surface area contributed by atoms with Crippen molar-refractivity contribution in [2.75, 3.05) is 24.4 Å². The predicted octanol–water partition coefficient (Wildman–Crippen LogP) is 7.53. The molecule has 0 aliphatic carbocycles. The van der Waals surface area contributed by atoms with Crippen LogP contribution in [0, 0.1) is 24.0 Å². The van der Waals surface area contributed by atoms with Gasteiger partial charge in [-0.3, -0.25) is 19.3 Å². The lowest BCUT2D eigenvalue weighted by molar-refractivity contribution is -0.125. The molecule has 0 saturated carbocycles. The average molecular weight is 677 g/mol. The Morgan fingerprint density at radius 1 is 1.00 bits per heavy atom. The Balaban J connectivity index is 2.12. The van der Waals surface area contributed by atoms with Gasteiger partial charge in [0.1, 0.15) is 17.1 Å². The third-order valence-corrected chi connectivity index (χ3v) is 7.86. The number of anilines is 3. The van der Waals surface area contributed by atoms with Crippen molar-refractivity contribution in [3.63, 3.8) is 0 Å². The minimum absolute atomic E-state index is 0.0629. The van der Waals surface area contributed by atoms with E-state index in [2.05, 4.69) is 16.9 Å². The van der Waals surface area contributed by atoms with Crippen LogP contribution in [0.4, 0.5) is 30.8 Å². The number of ketones is 1. The molecule has 4 rings (SSSR count). The number of amides is 2. The third-order valence-electron chi connectivity index (χ3n) is 7.86.